The first-order valence-electron chi connectivity index (χ1n) is 9.25. The minimum absolute atomic E-state index is 0.0113. The van der Waals surface area contributed by atoms with E-state index in [4.69, 9.17) is 10.5 Å². The number of carbonyl (C=O) groups excluding carboxylic acids is 3. The molecule has 2 rings (SSSR count). The summed E-state index contributed by atoms with van der Waals surface area (Å²) < 4.78 is 6.06. The largest absolute Gasteiger partial charge is 0.445 e. The van der Waals surface area contributed by atoms with Crippen LogP contribution in [0.4, 0.5) is 4.79 Å². The Labute approximate surface area is 188 Å². The molecule has 0 saturated carbocycles. The number of amides is 3. The Balaban J connectivity index is 1.98. The SMILES string of the molecule is C[C@@H](O)[C@H](NC(=O)OCc1ccccc1)C(=O)N[C@@H](Cc1cccc(I)c1)C(N)=O. The lowest BCUT2D eigenvalue weighted by atomic mass is 10.0. The fourth-order valence-electron chi connectivity index (χ4n) is 2.68. The van der Waals surface area contributed by atoms with Crippen molar-refractivity contribution in [2.45, 2.75) is 38.1 Å². The van der Waals surface area contributed by atoms with Crippen molar-refractivity contribution in [1.82, 2.24) is 10.6 Å². The van der Waals surface area contributed by atoms with Crippen LogP contribution in [0.15, 0.2) is 54.6 Å². The van der Waals surface area contributed by atoms with Crippen LogP contribution in [-0.2, 0) is 27.4 Å². The van der Waals surface area contributed by atoms with E-state index in [1.165, 1.54) is 6.92 Å². The number of aliphatic hydroxyl groups is 1. The summed E-state index contributed by atoms with van der Waals surface area (Å²) in [5.41, 5.74) is 7.02. The van der Waals surface area contributed by atoms with Gasteiger partial charge in [0.05, 0.1) is 6.10 Å². The van der Waals surface area contributed by atoms with Crippen LogP contribution in [-0.4, -0.2) is 41.2 Å². The summed E-state index contributed by atoms with van der Waals surface area (Å²) in [4.78, 5) is 36.5. The molecule has 2 aromatic rings. The zero-order chi connectivity index (χ0) is 22.1. The van der Waals surface area contributed by atoms with Gasteiger partial charge in [0.1, 0.15) is 18.7 Å². The number of alkyl carbamates (subject to hydrolysis) is 1. The molecule has 0 aliphatic carbocycles. The van der Waals surface area contributed by atoms with Gasteiger partial charge in [-0.05, 0) is 52.8 Å². The van der Waals surface area contributed by atoms with Crippen molar-refractivity contribution in [1.29, 1.82) is 0 Å². The van der Waals surface area contributed by atoms with Crippen molar-refractivity contribution in [3.8, 4) is 0 Å². The van der Waals surface area contributed by atoms with E-state index < -0.39 is 36.1 Å². The summed E-state index contributed by atoms with van der Waals surface area (Å²) in [6.45, 7) is 1.36. The summed E-state index contributed by atoms with van der Waals surface area (Å²) in [6, 6.07) is 14.1. The van der Waals surface area contributed by atoms with Crippen LogP contribution < -0.4 is 16.4 Å². The maximum atomic E-state index is 12.6. The van der Waals surface area contributed by atoms with Gasteiger partial charge in [0.2, 0.25) is 11.8 Å². The maximum absolute atomic E-state index is 12.6. The van der Waals surface area contributed by atoms with Gasteiger partial charge in [-0.25, -0.2) is 4.79 Å². The summed E-state index contributed by atoms with van der Waals surface area (Å²) in [5, 5.41) is 14.8. The number of rotatable bonds is 9. The van der Waals surface area contributed by atoms with Crippen molar-refractivity contribution in [3.63, 3.8) is 0 Å². The van der Waals surface area contributed by atoms with E-state index in [2.05, 4.69) is 33.2 Å². The Hall–Kier alpha value is -2.66. The van der Waals surface area contributed by atoms with E-state index >= 15 is 0 Å². The highest BCUT2D eigenvalue weighted by atomic mass is 127. The van der Waals surface area contributed by atoms with Gasteiger partial charge in [-0.3, -0.25) is 9.59 Å². The summed E-state index contributed by atoms with van der Waals surface area (Å²) in [6.07, 6.45) is -1.91. The number of benzene rings is 2. The molecule has 0 aromatic heterocycles. The number of primary amides is 1. The van der Waals surface area contributed by atoms with Gasteiger partial charge in [-0.2, -0.15) is 0 Å². The zero-order valence-corrected chi connectivity index (χ0v) is 18.5. The van der Waals surface area contributed by atoms with Gasteiger partial charge in [0.15, 0.2) is 0 Å². The zero-order valence-electron chi connectivity index (χ0n) is 16.4. The van der Waals surface area contributed by atoms with Crippen LogP contribution in [0, 0.1) is 3.57 Å². The Bertz CT molecular complexity index is 876. The molecule has 8 nitrogen and oxygen atoms in total. The van der Waals surface area contributed by atoms with E-state index in [1.807, 2.05) is 30.3 Å². The van der Waals surface area contributed by atoms with Crippen molar-refractivity contribution in [3.05, 3.63) is 69.3 Å². The molecule has 160 valence electrons. The molecule has 9 heteroatoms. The highest BCUT2D eigenvalue weighted by molar-refractivity contribution is 14.1. The fourth-order valence-corrected chi connectivity index (χ4v) is 3.29. The summed E-state index contributed by atoms with van der Waals surface area (Å²) in [5.74, 6) is -1.46. The summed E-state index contributed by atoms with van der Waals surface area (Å²) in [7, 11) is 0. The molecule has 2 aromatic carbocycles. The molecule has 3 amide bonds. The third-order valence-electron chi connectivity index (χ3n) is 4.24. The van der Waals surface area contributed by atoms with Gasteiger partial charge >= 0.3 is 6.09 Å². The lowest BCUT2D eigenvalue weighted by Gasteiger charge is -2.23. The Morgan fingerprint density at radius 3 is 2.33 bits per heavy atom. The lowest BCUT2D eigenvalue weighted by molar-refractivity contribution is -0.130. The Morgan fingerprint density at radius 2 is 1.73 bits per heavy atom. The van der Waals surface area contributed by atoms with Crippen molar-refractivity contribution < 1.29 is 24.2 Å². The minimum Gasteiger partial charge on any atom is -0.445 e. The molecule has 0 heterocycles. The monoisotopic (exact) mass is 525 g/mol. The van der Waals surface area contributed by atoms with E-state index in [0.717, 1.165) is 14.7 Å². The number of nitrogens with one attached hydrogen (secondary N) is 2. The van der Waals surface area contributed by atoms with E-state index in [9.17, 15) is 19.5 Å². The minimum atomic E-state index is -1.31. The highest BCUT2D eigenvalue weighted by Crippen LogP contribution is 2.10. The molecule has 0 unspecified atom stereocenters. The van der Waals surface area contributed by atoms with Gasteiger partial charge in [-0.15, -0.1) is 0 Å². The van der Waals surface area contributed by atoms with Crippen LogP contribution in [0.1, 0.15) is 18.1 Å². The maximum Gasteiger partial charge on any atom is 0.408 e. The third-order valence-corrected chi connectivity index (χ3v) is 4.91. The molecule has 0 spiro atoms. The molecular formula is C21H24IN3O5. The standard InChI is InChI=1S/C21H24IN3O5/c1-13(26)18(25-21(29)30-12-14-6-3-2-4-7-14)20(28)24-17(19(23)27)11-15-8-5-9-16(22)10-15/h2-10,13,17-18,26H,11-12H2,1H3,(H2,23,27)(H,24,28)(H,25,29)/t13-,17+,18+/m1/s1. The molecule has 0 fully saturated rings. The van der Waals surface area contributed by atoms with Gasteiger partial charge in [0.25, 0.3) is 0 Å². The lowest BCUT2D eigenvalue weighted by Crippen LogP contribution is -2.57. The second kappa shape index (κ2) is 11.5. The van der Waals surface area contributed by atoms with E-state index in [0.29, 0.717) is 0 Å². The topological polar surface area (TPSA) is 131 Å². The third kappa shape index (κ3) is 7.64. The quantitative estimate of drug-likeness (QED) is 0.369. The van der Waals surface area contributed by atoms with E-state index in [-0.39, 0.29) is 13.0 Å². The van der Waals surface area contributed by atoms with Crippen LogP contribution in [0.2, 0.25) is 0 Å². The molecule has 0 aliphatic rings. The average molecular weight is 525 g/mol. The van der Waals surface area contributed by atoms with Crippen LogP contribution in [0.5, 0.6) is 0 Å². The van der Waals surface area contributed by atoms with Gasteiger partial charge in [-0.1, -0.05) is 42.5 Å². The normalized spacial score (nSPS) is 13.6. The Kier molecular flexibility index (Phi) is 9.06. The van der Waals surface area contributed by atoms with Crippen LogP contribution in [0.3, 0.4) is 0 Å². The number of ether oxygens (including phenoxy) is 1. The predicted octanol–water partition coefficient (Wildman–Crippen LogP) is 1.48. The molecular weight excluding hydrogens is 501 g/mol. The molecule has 5 N–H and O–H groups in total. The highest BCUT2D eigenvalue weighted by Gasteiger charge is 2.29. The second-order valence-electron chi connectivity index (χ2n) is 6.72. The molecule has 3 atom stereocenters. The first kappa shape index (κ1) is 23.6. The summed E-state index contributed by atoms with van der Waals surface area (Å²) >= 11 is 2.14. The molecule has 0 bridgehead atoms. The van der Waals surface area contributed by atoms with Crippen LogP contribution >= 0.6 is 22.6 Å². The molecule has 0 aliphatic heterocycles. The molecule has 0 saturated heterocycles. The molecule has 0 radical (unpaired) electrons. The number of halogens is 1. The smallest absolute Gasteiger partial charge is 0.408 e. The number of aliphatic hydroxyl groups excluding tert-OH is 1. The van der Waals surface area contributed by atoms with Crippen molar-refractivity contribution in [2.75, 3.05) is 0 Å². The second-order valence-corrected chi connectivity index (χ2v) is 7.97. The fraction of sp³-hybridized carbons (Fsp3) is 0.286. The first-order chi connectivity index (χ1) is 14.3. The van der Waals surface area contributed by atoms with Gasteiger partial charge in [0, 0.05) is 9.99 Å². The number of hydrogen-bond acceptors (Lipinski definition) is 5. The van der Waals surface area contributed by atoms with Crippen LogP contribution in [0.25, 0.3) is 0 Å². The molecule has 30 heavy (non-hydrogen) atoms. The van der Waals surface area contributed by atoms with Crippen molar-refractivity contribution in [2.24, 2.45) is 5.73 Å². The van der Waals surface area contributed by atoms with Gasteiger partial charge < -0.3 is 26.2 Å². The average Bonchev–Trinajstić information content (AvgIpc) is 2.70. The number of hydrogen-bond donors (Lipinski definition) is 4. The number of nitrogens with two attached hydrogens (primary N) is 1. The first-order valence-corrected chi connectivity index (χ1v) is 10.3. The number of carbonyl (C=O) groups is 3. The van der Waals surface area contributed by atoms with Crippen molar-refractivity contribution >= 4 is 40.5 Å². The predicted molar refractivity (Wildman–Crippen MR) is 119 cm³/mol. The van der Waals surface area contributed by atoms with E-state index in [1.54, 1.807) is 24.3 Å². The Morgan fingerprint density at radius 1 is 1.07 bits per heavy atom.